The van der Waals surface area contributed by atoms with Crippen LogP contribution in [0.3, 0.4) is 0 Å². The van der Waals surface area contributed by atoms with Crippen LogP contribution < -0.4 is 10.6 Å². The third kappa shape index (κ3) is 6.65. The quantitative estimate of drug-likeness (QED) is 0.579. The van der Waals surface area contributed by atoms with Gasteiger partial charge in [-0.1, -0.05) is 48.9 Å². The summed E-state index contributed by atoms with van der Waals surface area (Å²) in [5.41, 5.74) is 2.71. The number of nitrogens with zero attached hydrogens (tertiary/aromatic N) is 1. The minimum absolute atomic E-state index is 0.204. The van der Waals surface area contributed by atoms with Crippen LogP contribution in [0.2, 0.25) is 0 Å². The van der Waals surface area contributed by atoms with Crippen LogP contribution in [-0.4, -0.2) is 50.2 Å². The number of sulfonamides is 1. The minimum atomic E-state index is -3.63. The highest BCUT2D eigenvalue weighted by Crippen LogP contribution is 2.29. The van der Waals surface area contributed by atoms with Gasteiger partial charge in [0.05, 0.1) is 4.90 Å². The molecule has 0 bridgehead atoms. The fourth-order valence-electron chi connectivity index (χ4n) is 4.17. The van der Waals surface area contributed by atoms with Gasteiger partial charge in [0, 0.05) is 25.7 Å². The maximum atomic E-state index is 13.4. The zero-order valence-electron chi connectivity index (χ0n) is 19.3. The Morgan fingerprint density at radius 2 is 1.67 bits per heavy atom. The van der Waals surface area contributed by atoms with Crippen molar-refractivity contribution in [2.75, 3.05) is 19.6 Å². The summed E-state index contributed by atoms with van der Waals surface area (Å²) in [6.07, 6.45) is 3.61. The van der Waals surface area contributed by atoms with Crippen molar-refractivity contribution in [3.05, 3.63) is 65.2 Å². The van der Waals surface area contributed by atoms with Crippen molar-refractivity contribution in [2.24, 2.45) is 0 Å². The van der Waals surface area contributed by atoms with Crippen LogP contribution in [0, 0.1) is 13.8 Å². The van der Waals surface area contributed by atoms with Gasteiger partial charge in [-0.3, -0.25) is 9.59 Å². The number of carbonyl (C=O) groups is 2. The third-order valence-corrected chi connectivity index (χ3v) is 8.11. The first-order valence-electron chi connectivity index (χ1n) is 11.5. The Morgan fingerprint density at radius 3 is 2.39 bits per heavy atom. The van der Waals surface area contributed by atoms with E-state index >= 15 is 0 Å². The van der Waals surface area contributed by atoms with Gasteiger partial charge in [0.2, 0.25) is 10.0 Å². The molecule has 1 heterocycles. The Balaban J connectivity index is 1.52. The van der Waals surface area contributed by atoms with Crippen LogP contribution in [0.4, 0.5) is 0 Å². The molecule has 7 nitrogen and oxygen atoms in total. The van der Waals surface area contributed by atoms with Crippen LogP contribution >= 0.6 is 0 Å². The van der Waals surface area contributed by atoms with Crippen molar-refractivity contribution >= 4 is 21.8 Å². The van der Waals surface area contributed by atoms with Crippen LogP contribution in [0.15, 0.2) is 53.4 Å². The molecule has 1 fully saturated rings. The second kappa shape index (κ2) is 11.4. The second-order valence-corrected chi connectivity index (χ2v) is 10.4. The lowest BCUT2D eigenvalue weighted by Crippen LogP contribution is -2.46. The fraction of sp³-hybridized carbons (Fsp3) is 0.440. The molecule has 178 valence electrons. The first-order valence-corrected chi connectivity index (χ1v) is 12.9. The van der Waals surface area contributed by atoms with E-state index in [9.17, 15) is 18.0 Å². The van der Waals surface area contributed by atoms with Crippen molar-refractivity contribution < 1.29 is 18.0 Å². The highest BCUT2D eigenvalue weighted by Gasteiger charge is 2.34. The van der Waals surface area contributed by atoms with Crippen LogP contribution in [0.25, 0.3) is 0 Å². The predicted octanol–water partition coefficient (Wildman–Crippen LogP) is 2.71. The largest absolute Gasteiger partial charge is 0.348 e. The third-order valence-electron chi connectivity index (χ3n) is 6.01. The summed E-state index contributed by atoms with van der Waals surface area (Å²) < 4.78 is 28.3. The molecule has 0 radical (unpaired) electrons. The number of aryl methyl sites for hydroxylation is 2. The Hall–Kier alpha value is -2.71. The van der Waals surface area contributed by atoms with E-state index in [0.29, 0.717) is 30.8 Å². The maximum absolute atomic E-state index is 13.4. The summed E-state index contributed by atoms with van der Waals surface area (Å²) >= 11 is 0. The molecule has 0 spiro atoms. The molecule has 1 atom stereocenters. The molecule has 8 heteroatoms. The molecule has 1 saturated heterocycles. The van der Waals surface area contributed by atoms with E-state index in [1.165, 1.54) is 0 Å². The summed E-state index contributed by atoms with van der Waals surface area (Å²) in [5, 5.41) is 5.27. The molecule has 2 aromatic rings. The lowest BCUT2D eigenvalue weighted by Gasteiger charge is -2.35. The summed E-state index contributed by atoms with van der Waals surface area (Å²) in [6, 6.07) is 15.0. The highest BCUT2D eigenvalue weighted by atomic mass is 32.2. The van der Waals surface area contributed by atoms with Gasteiger partial charge in [0.15, 0.2) is 0 Å². The van der Waals surface area contributed by atoms with Crippen molar-refractivity contribution in [3.63, 3.8) is 0 Å². The first-order chi connectivity index (χ1) is 15.8. The molecular formula is C25H33N3O4S. The number of hydrogen-bond donors (Lipinski definition) is 2. The zero-order valence-corrected chi connectivity index (χ0v) is 20.2. The van der Waals surface area contributed by atoms with Gasteiger partial charge < -0.3 is 10.6 Å². The Kier molecular flexibility index (Phi) is 8.63. The van der Waals surface area contributed by atoms with Gasteiger partial charge in [-0.25, -0.2) is 8.42 Å². The fourth-order valence-corrected chi connectivity index (χ4v) is 6.20. The normalized spacial score (nSPS) is 16.8. The number of carbonyl (C=O) groups excluding carboxylic acids is 2. The minimum Gasteiger partial charge on any atom is -0.348 e. The molecule has 3 rings (SSSR count). The molecular weight excluding hydrogens is 438 g/mol. The van der Waals surface area contributed by atoms with Crippen LogP contribution in [0.1, 0.15) is 42.4 Å². The van der Waals surface area contributed by atoms with Crippen molar-refractivity contribution in [1.29, 1.82) is 0 Å². The molecule has 0 aliphatic carbocycles. The predicted molar refractivity (Wildman–Crippen MR) is 128 cm³/mol. The van der Waals surface area contributed by atoms with Gasteiger partial charge in [0.1, 0.15) is 0 Å². The van der Waals surface area contributed by atoms with Gasteiger partial charge in [-0.2, -0.15) is 4.31 Å². The molecule has 33 heavy (non-hydrogen) atoms. The van der Waals surface area contributed by atoms with E-state index in [1.54, 1.807) is 10.4 Å². The average Bonchev–Trinajstić information content (AvgIpc) is 2.81. The number of benzene rings is 2. The van der Waals surface area contributed by atoms with Crippen molar-refractivity contribution in [2.45, 2.75) is 56.9 Å². The second-order valence-electron chi connectivity index (χ2n) is 8.57. The molecule has 1 aliphatic heterocycles. The Bertz CT molecular complexity index is 1070. The van der Waals surface area contributed by atoms with E-state index in [1.807, 2.05) is 56.3 Å². The van der Waals surface area contributed by atoms with Gasteiger partial charge in [0.25, 0.3) is 0 Å². The van der Waals surface area contributed by atoms with Gasteiger partial charge in [-0.15, -0.1) is 0 Å². The molecule has 0 unspecified atom stereocenters. The molecule has 2 amide bonds. The monoisotopic (exact) mass is 471 g/mol. The number of hydrogen-bond acceptors (Lipinski definition) is 4. The van der Waals surface area contributed by atoms with E-state index in [-0.39, 0.29) is 12.6 Å². The number of piperidine rings is 1. The number of nitrogens with one attached hydrogen (secondary N) is 2. The van der Waals surface area contributed by atoms with Crippen LogP contribution in [-0.2, 0) is 26.0 Å². The van der Waals surface area contributed by atoms with Gasteiger partial charge >= 0.3 is 11.8 Å². The van der Waals surface area contributed by atoms with E-state index in [4.69, 9.17) is 0 Å². The highest BCUT2D eigenvalue weighted by molar-refractivity contribution is 7.89. The van der Waals surface area contributed by atoms with Crippen LogP contribution in [0.5, 0.6) is 0 Å². The lowest BCUT2D eigenvalue weighted by molar-refractivity contribution is -0.139. The summed E-state index contributed by atoms with van der Waals surface area (Å²) in [4.78, 5) is 24.6. The van der Waals surface area contributed by atoms with Crippen molar-refractivity contribution in [3.8, 4) is 0 Å². The topological polar surface area (TPSA) is 95.6 Å². The SMILES string of the molecule is Cc1ccc(C)c(S(=O)(=O)N2CCCC[C@H]2CCNC(=O)C(=O)NCCc2ccccc2)c1. The number of rotatable bonds is 8. The smallest absolute Gasteiger partial charge is 0.309 e. The Morgan fingerprint density at radius 1 is 0.970 bits per heavy atom. The molecule has 0 saturated carbocycles. The lowest BCUT2D eigenvalue weighted by atomic mass is 10.0. The summed E-state index contributed by atoms with van der Waals surface area (Å²) in [7, 11) is -3.63. The first kappa shape index (κ1) is 24.9. The number of amides is 2. The standard InChI is InChI=1S/C25H33N3O4S/c1-19-11-12-20(2)23(18-19)33(31,32)28-17-7-6-10-22(28)14-16-27-25(30)24(29)26-15-13-21-8-4-3-5-9-21/h3-5,8-9,11-12,18,22H,6-7,10,13-17H2,1-2H3,(H,26,29)(H,27,30)/t22-/m0/s1. The summed E-state index contributed by atoms with van der Waals surface area (Å²) in [6.45, 7) is 4.78. The van der Waals surface area contributed by atoms with E-state index < -0.39 is 21.8 Å². The van der Waals surface area contributed by atoms with E-state index in [0.717, 1.165) is 36.0 Å². The molecule has 1 aliphatic rings. The van der Waals surface area contributed by atoms with Crippen molar-refractivity contribution in [1.82, 2.24) is 14.9 Å². The zero-order chi connectivity index (χ0) is 23.8. The van der Waals surface area contributed by atoms with Gasteiger partial charge in [-0.05, 0) is 62.3 Å². The average molecular weight is 472 g/mol. The summed E-state index contributed by atoms with van der Waals surface area (Å²) in [5.74, 6) is -1.36. The van der Waals surface area contributed by atoms with E-state index in [2.05, 4.69) is 10.6 Å². The molecule has 2 aromatic carbocycles. The Labute approximate surface area is 196 Å². The molecule has 0 aromatic heterocycles. The molecule has 2 N–H and O–H groups in total. The maximum Gasteiger partial charge on any atom is 0.309 e.